The minimum Gasteiger partial charge on any atom is -0.456 e. The van der Waals surface area contributed by atoms with E-state index in [-0.39, 0.29) is 5.41 Å². The second-order valence-corrected chi connectivity index (χ2v) is 16.8. The molecule has 2 nitrogen and oxygen atoms in total. The Hall–Kier alpha value is -7.42. The van der Waals surface area contributed by atoms with Crippen LogP contribution < -0.4 is 9.64 Å². The first-order valence-electron chi connectivity index (χ1n) is 20.9. The molecule has 0 radical (unpaired) electrons. The van der Waals surface area contributed by atoms with Crippen LogP contribution in [0.2, 0.25) is 0 Å². The number of hydrogen-bond donors (Lipinski definition) is 0. The van der Waals surface area contributed by atoms with Crippen LogP contribution in [0.15, 0.2) is 212 Å². The first-order chi connectivity index (χ1) is 29.5. The number of rotatable bonds is 5. The SMILES string of the molecule is CC1(C)c2ccccc2-c2ccc(N(c3ccc(-c4cccc5c4Oc4ccccc4C54c5ccccc5-c5ccccc54)cc3)c3ccccc3-c3ccccc3)cc21. The van der Waals surface area contributed by atoms with E-state index in [4.69, 9.17) is 4.74 Å². The first-order valence-corrected chi connectivity index (χ1v) is 20.9. The molecular weight excluding hydrogens is 727 g/mol. The Kier molecular flexibility index (Phi) is 7.52. The standard InChI is InChI=1S/C58H41NO/c1-57(2)48-24-10-6-20-44(48)47-36-35-41(37-53(47)57)59(54-29-14-9-19-42(54)38-17-4-3-5-18-38)40-33-31-39(32-34-40)43-23-16-28-52-56(43)60-55-30-15-13-27-51(55)58(52)49-25-11-7-21-45(49)46-22-8-12-26-50(46)58/h3-37H,1-2H3. The van der Waals surface area contributed by atoms with E-state index in [2.05, 4.69) is 231 Å². The smallest absolute Gasteiger partial charge is 0.140 e. The summed E-state index contributed by atoms with van der Waals surface area (Å²) in [6, 6.07) is 77.6. The molecule has 0 N–H and O–H groups in total. The third-order valence-electron chi connectivity index (χ3n) is 13.4. The summed E-state index contributed by atoms with van der Waals surface area (Å²) in [5, 5.41) is 0. The third-order valence-corrected chi connectivity index (χ3v) is 13.4. The monoisotopic (exact) mass is 767 g/mol. The van der Waals surface area contributed by atoms with Gasteiger partial charge in [0.1, 0.15) is 11.5 Å². The number of nitrogens with zero attached hydrogens (tertiary/aromatic N) is 1. The molecule has 60 heavy (non-hydrogen) atoms. The zero-order chi connectivity index (χ0) is 40.0. The Bertz CT molecular complexity index is 3110. The van der Waals surface area contributed by atoms with Crippen LogP contribution in [0.4, 0.5) is 17.1 Å². The average molecular weight is 768 g/mol. The highest BCUT2D eigenvalue weighted by molar-refractivity contribution is 5.93. The van der Waals surface area contributed by atoms with Gasteiger partial charge in [0, 0.05) is 39.0 Å². The van der Waals surface area contributed by atoms with Crippen LogP contribution in [0.25, 0.3) is 44.5 Å². The molecule has 0 saturated carbocycles. The summed E-state index contributed by atoms with van der Waals surface area (Å²) in [4.78, 5) is 2.43. The molecule has 3 aliphatic rings. The Balaban J connectivity index is 1.03. The summed E-state index contributed by atoms with van der Waals surface area (Å²) in [5.41, 5.74) is 20.1. The molecule has 1 aliphatic heterocycles. The lowest BCUT2D eigenvalue weighted by molar-refractivity contribution is 0.438. The lowest BCUT2D eigenvalue weighted by Gasteiger charge is -2.40. The van der Waals surface area contributed by atoms with Crippen molar-refractivity contribution < 1.29 is 4.74 Å². The normalized spacial score (nSPS) is 14.2. The molecule has 0 saturated heterocycles. The highest BCUT2D eigenvalue weighted by atomic mass is 16.5. The fourth-order valence-electron chi connectivity index (χ4n) is 10.7. The summed E-state index contributed by atoms with van der Waals surface area (Å²) in [5.74, 6) is 1.80. The van der Waals surface area contributed by atoms with Gasteiger partial charge in [0.15, 0.2) is 0 Å². The highest BCUT2D eigenvalue weighted by Crippen LogP contribution is 2.63. The topological polar surface area (TPSA) is 12.5 Å². The van der Waals surface area contributed by atoms with Crippen molar-refractivity contribution >= 4 is 17.1 Å². The van der Waals surface area contributed by atoms with E-state index in [0.29, 0.717) is 0 Å². The lowest BCUT2D eigenvalue weighted by atomic mass is 9.65. The van der Waals surface area contributed by atoms with Crippen molar-refractivity contribution in [3.05, 3.63) is 246 Å². The van der Waals surface area contributed by atoms with Crippen LogP contribution in [0.3, 0.4) is 0 Å². The molecule has 1 spiro atoms. The lowest BCUT2D eigenvalue weighted by Crippen LogP contribution is -2.32. The van der Waals surface area contributed by atoms with Gasteiger partial charge in [0.25, 0.3) is 0 Å². The molecule has 284 valence electrons. The number of para-hydroxylation sites is 3. The Morgan fingerprint density at radius 3 is 1.57 bits per heavy atom. The first kappa shape index (κ1) is 34.6. The number of benzene rings is 9. The maximum absolute atomic E-state index is 7.04. The van der Waals surface area contributed by atoms with Gasteiger partial charge in [0.05, 0.1) is 11.1 Å². The summed E-state index contributed by atoms with van der Waals surface area (Å²) in [6.45, 7) is 4.71. The molecule has 0 unspecified atom stereocenters. The number of anilines is 3. The van der Waals surface area contributed by atoms with Gasteiger partial charge >= 0.3 is 0 Å². The van der Waals surface area contributed by atoms with E-state index in [0.717, 1.165) is 39.7 Å². The molecule has 9 aromatic carbocycles. The second kappa shape index (κ2) is 13.0. The van der Waals surface area contributed by atoms with Crippen LogP contribution in [0, 0.1) is 0 Å². The van der Waals surface area contributed by atoms with E-state index < -0.39 is 5.41 Å². The van der Waals surface area contributed by atoms with Crippen LogP contribution >= 0.6 is 0 Å². The zero-order valence-corrected chi connectivity index (χ0v) is 33.6. The predicted octanol–water partition coefficient (Wildman–Crippen LogP) is 15.3. The van der Waals surface area contributed by atoms with Crippen LogP contribution in [-0.4, -0.2) is 0 Å². The average Bonchev–Trinajstić information content (AvgIpc) is 3.72. The summed E-state index contributed by atoms with van der Waals surface area (Å²) >= 11 is 0. The molecule has 1 heterocycles. The van der Waals surface area contributed by atoms with Gasteiger partial charge in [-0.2, -0.15) is 0 Å². The molecular formula is C58H41NO. The minimum absolute atomic E-state index is 0.126. The van der Waals surface area contributed by atoms with E-state index in [1.807, 2.05) is 0 Å². The Morgan fingerprint density at radius 1 is 0.350 bits per heavy atom. The van der Waals surface area contributed by atoms with Crippen molar-refractivity contribution in [2.24, 2.45) is 0 Å². The van der Waals surface area contributed by atoms with Gasteiger partial charge in [-0.1, -0.05) is 190 Å². The van der Waals surface area contributed by atoms with E-state index in [1.165, 1.54) is 66.8 Å². The molecule has 0 bridgehead atoms. The van der Waals surface area contributed by atoms with E-state index >= 15 is 0 Å². The number of hydrogen-bond acceptors (Lipinski definition) is 2. The van der Waals surface area contributed by atoms with Gasteiger partial charge in [0.2, 0.25) is 0 Å². The molecule has 0 aromatic heterocycles. The molecule has 0 fully saturated rings. The summed E-state index contributed by atoms with van der Waals surface area (Å²) < 4.78 is 7.04. The van der Waals surface area contributed by atoms with Crippen molar-refractivity contribution in [2.75, 3.05) is 4.90 Å². The van der Waals surface area contributed by atoms with Gasteiger partial charge in [-0.05, 0) is 92.0 Å². The van der Waals surface area contributed by atoms with Gasteiger partial charge in [-0.15, -0.1) is 0 Å². The number of ether oxygens (including phenoxy) is 1. The number of fused-ring (bicyclic) bond motifs is 12. The van der Waals surface area contributed by atoms with Crippen molar-refractivity contribution in [1.29, 1.82) is 0 Å². The quantitative estimate of drug-likeness (QED) is 0.173. The predicted molar refractivity (Wildman–Crippen MR) is 247 cm³/mol. The van der Waals surface area contributed by atoms with Crippen LogP contribution in [0.1, 0.15) is 47.2 Å². The summed E-state index contributed by atoms with van der Waals surface area (Å²) in [7, 11) is 0. The molecule has 2 aliphatic carbocycles. The maximum Gasteiger partial charge on any atom is 0.140 e. The third kappa shape index (κ3) is 4.82. The maximum atomic E-state index is 7.04. The molecule has 9 aromatic rings. The van der Waals surface area contributed by atoms with Crippen molar-refractivity contribution in [1.82, 2.24) is 0 Å². The molecule has 2 heteroatoms. The molecule has 0 atom stereocenters. The minimum atomic E-state index is -0.508. The highest BCUT2D eigenvalue weighted by Gasteiger charge is 2.51. The zero-order valence-electron chi connectivity index (χ0n) is 33.6. The Morgan fingerprint density at radius 2 is 0.850 bits per heavy atom. The second-order valence-electron chi connectivity index (χ2n) is 16.8. The van der Waals surface area contributed by atoms with E-state index in [1.54, 1.807) is 0 Å². The molecule has 12 rings (SSSR count). The molecule has 0 amide bonds. The van der Waals surface area contributed by atoms with Gasteiger partial charge in [-0.25, -0.2) is 0 Å². The fourth-order valence-corrected chi connectivity index (χ4v) is 10.7. The summed E-state index contributed by atoms with van der Waals surface area (Å²) in [6.07, 6.45) is 0. The van der Waals surface area contributed by atoms with Crippen molar-refractivity contribution in [3.63, 3.8) is 0 Å². The van der Waals surface area contributed by atoms with E-state index in [9.17, 15) is 0 Å². The van der Waals surface area contributed by atoms with Crippen LogP contribution in [0.5, 0.6) is 11.5 Å². The van der Waals surface area contributed by atoms with Crippen molar-refractivity contribution in [2.45, 2.75) is 24.7 Å². The largest absolute Gasteiger partial charge is 0.456 e. The Labute approximate surface area is 351 Å². The fraction of sp³-hybridized carbons (Fsp3) is 0.0690. The van der Waals surface area contributed by atoms with Gasteiger partial charge < -0.3 is 9.64 Å². The van der Waals surface area contributed by atoms with Gasteiger partial charge in [-0.3, -0.25) is 0 Å². The van der Waals surface area contributed by atoms with Crippen molar-refractivity contribution in [3.8, 4) is 56.0 Å². The van der Waals surface area contributed by atoms with Crippen LogP contribution in [-0.2, 0) is 10.8 Å².